The first-order chi connectivity index (χ1) is 16.9. The average Bonchev–Trinajstić information content (AvgIpc) is 3.43. The monoisotopic (exact) mass is 488 g/mol. The Bertz CT molecular complexity index is 1510. The fourth-order valence-electron chi connectivity index (χ4n) is 3.95. The summed E-state index contributed by atoms with van der Waals surface area (Å²) in [4.78, 5) is 13.4. The number of nitrogens with one attached hydrogen (secondary N) is 1. The molecule has 0 spiro atoms. The van der Waals surface area contributed by atoms with Crippen LogP contribution in [0.15, 0.2) is 54.2 Å². The normalized spacial score (nSPS) is 12.1. The lowest BCUT2D eigenvalue weighted by atomic mass is 10.1. The van der Waals surface area contributed by atoms with Crippen molar-refractivity contribution in [3.05, 3.63) is 82.8 Å². The summed E-state index contributed by atoms with van der Waals surface area (Å²) >= 11 is 1.60. The van der Waals surface area contributed by atoms with Crippen molar-refractivity contribution in [3.8, 4) is 16.9 Å². The molecule has 5 rings (SSSR count). The highest BCUT2D eigenvalue weighted by Gasteiger charge is 2.16. The molecule has 35 heavy (non-hydrogen) atoms. The molecule has 0 fully saturated rings. The van der Waals surface area contributed by atoms with Gasteiger partial charge in [-0.25, -0.2) is 19.3 Å². The van der Waals surface area contributed by atoms with Crippen LogP contribution in [0.5, 0.6) is 5.75 Å². The zero-order valence-corrected chi connectivity index (χ0v) is 20.7. The fraction of sp³-hybridized carbons (Fsp3) is 0.231. The molecule has 178 valence electrons. The van der Waals surface area contributed by atoms with Crippen LogP contribution in [0.1, 0.15) is 35.7 Å². The van der Waals surface area contributed by atoms with Crippen molar-refractivity contribution in [3.63, 3.8) is 0 Å². The molecule has 0 saturated carbocycles. The lowest BCUT2D eigenvalue weighted by Gasteiger charge is -2.19. The lowest BCUT2D eigenvalue weighted by molar-refractivity contribution is 0.280. The number of halogens is 1. The number of hydrogen-bond acceptors (Lipinski definition) is 7. The van der Waals surface area contributed by atoms with Crippen LogP contribution < -0.4 is 10.1 Å². The summed E-state index contributed by atoms with van der Waals surface area (Å²) in [7, 11) is 1.85. The van der Waals surface area contributed by atoms with E-state index < -0.39 is 5.82 Å². The van der Waals surface area contributed by atoms with Gasteiger partial charge in [0.15, 0.2) is 11.6 Å². The second-order valence-corrected chi connectivity index (χ2v) is 9.35. The Balaban J connectivity index is 1.39. The van der Waals surface area contributed by atoms with Crippen molar-refractivity contribution in [2.45, 2.75) is 33.4 Å². The van der Waals surface area contributed by atoms with Gasteiger partial charge >= 0.3 is 0 Å². The van der Waals surface area contributed by atoms with Crippen LogP contribution in [0, 0.1) is 19.7 Å². The van der Waals surface area contributed by atoms with Crippen molar-refractivity contribution in [2.24, 2.45) is 7.05 Å². The lowest BCUT2D eigenvalue weighted by Crippen LogP contribution is -2.11. The number of nitrogens with zero attached hydrogens (tertiary/aromatic N) is 5. The third-order valence-electron chi connectivity index (χ3n) is 5.83. The van der Waals surface area contributed by atoms with E-state index in [0.29, 0.717) is 11.6 Å². The maximum absolute atomic E-state index is 14.5. The molecule has 1 N–H and O–H groups in total. The smallest absolute Gasteiger partial charge is 0.165 e. The molecule has 0 aliphatic heterocycles. The first kappa shape index (κ1) is 22.9. The standard InChI is InChI=1S/C26H25FN6OS/c1-15-9-20(33(4)32-15)13-34-24-10-18(5-7-22(24)27)16(2)30-26-21(12-28-17(3)31-26)19-6-8-23-25(11-19)35-14-29-23/h5-12,14,16H,13H2,1-4H3,(H,28,30,31). The number of ether oxygens (including phenoxy) is 1. The Hall–Kier alpha value is -3.85. The Morgan fingerprint density at radius 1 is 1.11 bits per heavy atom. The number of thiazole rings is 1. The highest BCUT2D eigenvalue weighted by atomic mass is 32.1. The maximum atomic E-state index is 14.5. The van der Waals surface area contributed by atoms with Crippen LogP contribution in [-0.4, -0.2) is 24.7 Å². The van der Waals surface area contributed by atoms with Crippen molar-refractivity contribution in [1.29, 1.82) is 0 Å². The maximum Gasteiger partial charge on any atom is 0.165 e. The minimum absolute atomic E-state index is 0.155. The molecule has 9 heteroatoms. The Morgan fingerprint density at radius 3 is 2.77 bits per heavy atom. The molecular weight excluding hydrogens is 463 g/mol. The molecule has 7 nitrogen and oxygen atoms in total. The van der Waals surface area contributed by atoms with Crippen molar-refractivity contribution >= 4 is 27.4 Å². The molecule has 2 aromatic carbocycles. The van der Waals surface area contributed by atoms with E-state index in [4.69, 9.17) is 4.74 Å². The van der Waals surface area contributed by atoms with Crippen LogP contribution in [0.25, 0.3) is 21.3 Å². The van der Waals surface area contributed by atoms with E-state index in [-0.39, 0.29) is 18.4 Å². The Labute approximate surface area is 206 Å². The van der Waals surface area contributed by atoms with Gasteiger partial charge in [-0.3, -0.25) is 4.68 Å². The van der Waals surface area contributed by atoms with E-state index in [1.807, 2.05) is 57.7 Å². The second kappa shape index (κ2) is 9.42. The molecule has 1 unspecified atom stereocenters. The van der Waals surface area contributed by atoms with Crippen molar-refractivity contribution in [2.75, 3.05) is 5.32 Å². The predicted octanol–water partition coefficient (Wildman–Crippen LogP) is 5.99. The zero-order valence-electron chi connectivity index (χ0n) is 19.9. The summed E-state index contributed by atoms with van der Waals surface area (Å²) < 4.78 is 23.2. The Morgan fingerprint density at radius 2 is 1.97 bits per heavy atom. The van der Waals surface area contributed by atoms with Crippen LogP contribution in [0.2, 0.25) is 0 Å². The summed E-state index contributed by atoms with van der Waals surface area (Å²) in [5.74, 6) is 1.17. The van der Waals surface area contributed by atoms with Gasteiger partial charge in [-0.05, 0) is 62.2 Å². The predicted molar refractivity (Wildman–Crippen MR) is 136 cm³/mol. The minimum atomic E-state index is -0.406. The van der Waals surface area contributed by atoms with Gasteiger partial charge in [-0.1, -0.05) is 12.1 Å². The molecule has 0 radical (unpaired) electrons. The number of benzene rings is 2. The summed E-state index contributed by atoms with van der Waals surface area (Å²) in [6.07, 6.45) is 1.83. The van der Waals surface area contributed by atoms with Gasteiger partial charge in [0.2, 0.25) is 0 Å². The van der Waals surface area contributed by atoms with Crippen molar-refractivity contribution in [1.82, 2.24) is 24.7 Å². The number of anilines is 1. The molecule has 0 aliphatic rings. The average molecular weight is 489 g/mol. The largest absolute Gasteiger partial charge is 0.484 e. The van der Waals surface area contributed by atoms with Gasteiger partial charge in [0, 0.05) is 18.8 Å². The second-order valence-electron chi connectivity index (χ2n) is 8.46. The SMILES string of the molecule is Cc1cc(COc2cc(C(C)Nc3nc(C)ncc3-c3ccc4ncsc4c3)ccc2F)n(C)n1. The summed E-state index contributed by atoms with van der Waals surface area (Å²) in [6, 6.07) is 12.8. The van der Waals surface area contributed by atoms with E-state index in [2.05, 4.69) is 31.4 Å². The molecule has 1 atom stereocenters. The van der Waals surface area contributed by atoms with Crippen molar-refractivity contribution < 1.29 is 9.13 Å². The Kier molecular flexibility index (Phi) is 6.17. The number of rotatable bonds is 7. The van der Waals surface area contributed by atoms with Crippen LogP contribution in [-0.2, 0) is 13.7 Å². The van der Waals surface area contributed by atoms with Crippen LogP contribution >= 0.6 is 11.3 Å². The van der Waals surface area contributed by atoms with E-state index in [1.165, 1.54) is 6.07 Å². The molecule has 0 aliphatic carbocycles. The van der Waals surface area contributed by atoms with Gasteiger partial charge in [-0.15, -0.1) is 11.3 Å². The molecule has 0 saturated heterocycles. The summed E-state index contributed by atoms with van der Waals surface area (Å²) in [6.45, 7) is 6.01. The molecule has 3 aromatic heterocycles. The highest BCUT2D eigenvalue weighted by Crippen LogP contribution is 2.32. The third-order valence-corrected chi connectivity index (χ3v) is 6.63. The van der Waals surface area contributed by atoms with E-state index in [0.717, 1.165) is 38.3 Å². The van der Waals surface area contributed by atoms with Gasteiger partial charge in [0.05, 0.1) is 33.2 Å². The quantitative estimate of drug-likeness (QED) is 0.303. The molecule has 0 bridgehead atoms. The first-order valence-corrected chi connectivity index (χ1v) is 12.1. The molecule has 0 amide bonds. The summed E-state index contributed by atoms with van der Waals surface area (Å²) in [5.41, 5.74) is 7.35. The van der Waals surface area contributed by atoms with Crippen LogP contribution in [0.3, 0.4) is 0 Å². The third kappa shape index (κ3) is 4.85. The van der Waals surface area contributed by atoms with Gasteiger partial charge < -0.3 is 10.1 Å². The summed E-state index contributed by atoms with van der Waals surface area (Å²) in [5, 5.41) is 7.80. The fourth-order valence-corrected chi connectivity index (χ4v) is 4.67. The van der Waals surface area contributed by atoms with E-state index in [9.17, 15) is 4.39 Å². The topological polar surface area (TPSA) is 77.8 Å². The van der Waals surface area contributed by atoms with Gasteiger partial charge in [-0.2, -0.15) is 5.10 Å². The zero-order chi connectivity index (χ0) is 24.5. The van der Waals surface area contributed by atoms with Crippen LogP contribution in [0.4, 0.5) is 10.2 Å². The van der Waals surface area contributed by atoms with Gasteiger partial charge in [0.1, 0.15) is 18.2 Å². The number of hydrogen-bond donors (Lipinski definition) is 1. The molecule has 5 aromatic rings. The number of aryl methyl sites for hydroxylation is 3. The van der Waals surface area contributed by atoms with Gasteiger partial charge in [0.25, 0.3) is 0 Å². The minimum Gasteiger partial charge on any atom is -0.484 e. The number of aromatic nitrogens is 5. The van der Waals surface area contributed by atoms with E-state index in [1.54, 1.807) is 28.2 Å². The first-order valence-electron chi connectivity index (χ1n) is 11.2. The number of fused-ring (bicyclic) bond motifs is 1. The molecular formula is C26H25FN6OS. The highest BCUT2D eigenvalue weighted by molar-refractivity contribution is 7.16. The molecule has 3 heterocycles. The van der Waals surface area contributed by atoms with E-state index >= 15 is 0 Å².